The fourth-order valence-electron chi connectivity index (χ4n) is 1.53. The van der Waals surface area contributed by atoms with Crippen LogP contribution in [0.15, 0.2) is 30.3 Å². The van der Waals surface area contributed by atoms with Crippen LogP contribution >= 0.6 is 0 Å². The van der Waals surface area contributed by atoms with Gasteiger partial charge >= 0.3 is 6.18 Å². The van der Waals surface area contributed by atoms with Crippen LogP contribution in [0.2, 0.25) is 0 Å². The van der Waals surface area contributed by atoms with E-state index in [2.05, 4.69) is 20.8 Å². The highest BCUT2D eigenvalue weighted by molar-refractivity contribution is 5.38. The van der Waals surface area contributed by atoms with Crippen molar-refractivity contribution in [1.29, 1.82) is 0 Å². The van der Waals surface area contributed by atoms with E-state index in [4.69, 9.17) is 0 Å². The molecule has 2 aromatic rings. The van der Waals surface area contributed by atoms with Crippen molar-refractivity contribution in [1.82, 2.24) is 20.2 Å². The van der Waals surface area contributed by atoms with Crippen molar-refractivity contribution in [2.45, 2.75) is 19.0 Å². The third-order valence-electron chi connectivity index (χ3n) is 2.39. The van der Waals surface area contributed by atoms with Crippen molar-refractivity contribution in [2.75, 3.05) is 11.9 Å². The van der Waals surface area contributed by atoms with Gasteiger partial charge in [0.05, 0.1) is 5.69 Å². The van der Waals surface area contributed by atoms with E-state index in [1.165, 1.54) is 4.68 Å². The fraction of sp³-hybridized carbons (Fsp3) is 0.364. The van der Waals surface area contributed by atoms with Crippen LogP contribution in [0.5, 0.6) is 0 Å². The Hall–Kier alpha value is -2.12. The molecule has 1 heterocycles. The largest absolute Gasteiger partial charge is 0.389 e. The van der Waals surface area contributed by atoms with E-state index in [0.29, 0.717) is 5.95 Å². The molecule has 0 amide bonds. The number of hydrogen-bond acceptors (Lipinski definition) is 4. The second kappa shape index (κ2) is 5.68. The van der Waals surface area contributed by atoms with Gasteiger partial charge in [-0.15, -0.1) is 0 Å². The van der Waals surface area contributed by atoms with E-state index in [1.54, 1.807) is 12.1 Å². The van der Waals surface area contributed by atoms with Gasteiger partial charge in [0.1, 0.15) is 0 Å². The fourth-order valence-corrected chi connectivity index (χ4v) is 1.53. The highest BCUT2D eigenvalue weighted by atomic mass is 19.4. The molecule has 0 spiro atoms. The number of anilines is 1. The van der Waals surface area contributed by atoms with Gasteiger partial charge in [-0.3, -0.25) is 0 Å². The van der Waals surface area contributed by atoms with Gasteiger partial charge in [0.2, 0.25) is 5.95 Å². The highest BCUT2D eigenvalue weighted by Crippen LogP contribution is 2.21. The van der Waals surface area contributed by atoms with Crippen LogP contribution in [0.1, 0.15) is 12.8 Å². The molecule has 1 aromatic heterocycles. The molecule has 1 aromatic carbocycles. The van der Waals surface area contributed by atoms with Crippen LogP contribution in [-0.2, 0) is 0 Å². The molecule has 102 valence electrons. The Bertz CT molecular complexity index is 509. The van der Waals surface area contributed by atoms with Crippen LogP contribution in [0.25, 0.3) is 5.69 Å². The molecule has 0 fully saturated rings. The lowest BCUT2D eigenvalue weighted by Gasteiger charge is -2.08. The maximum atomic E-state index is 12.0. The van der Waals surface area contributed by atoms with E-state index >= 15 is 0 Å². The van der Waals surface area contributed by atoms with Crippen LogP contribution in [0.4, 0.5) is 19.1 Å². The van der Waals surface area contributed by atoms with Gasteiger partial charge in [0.15, 0.2) is 0 Å². The van der Waals surface area contributed by atoms with E-state index in [1.807, 2.05) is 18.2 Å². The minimum Gasteiger partial charge on any atom is -0.353 e. The first-order valence-electron chi connectivity index (χ1n) is 5.71. The van der Waals surface area contributed by atoms with E-state index in [9.17, 15) is 13.2 Å². The van der Waals surface area contributed by atoms with Crippen molar-refractivity contribution in [2.24, 2.45) is 0 Å². The average Bonchev–Trinajstić information content (AvgIpc) is 2.83. The third kappa shape index (κ3) is 3.94. The Kier molecular flexibility index (Phi) is 3.98. The molecule has 19 heavy (non-hydrogen) atoms. The first kappa shape index (κ1) is 13.3. The van der Waals surface area contributed by atoms with Crippen molar-refractivity contribution >= 4 is 5.95 Å². The molecule has 8 heteroatoms. The zero-order valence-electron chi connectivity index (χ0n) is 9.93. The monoisotopic (exact) mass is 271 g/mol. The lowest BCUT2D eigenvalue weighted by atomic mass is 10.3. The molecular formula is C11H12F3N5. The molecule has 0 atom stereocenters. The van der Waals surface area contributed by atoms with Gasteiger partial charge in [-0.25, -0.2) is 0 Å². The highest BCUT2D eigenvalue weighted by Gasteiger charge is 2.25. The summed E-state index contributed by atoms with van der Waals surface area (Å²) in [4.78, 5) is 0. The third-order valence-corrected chi connectivity index (χ3v) is 2.39. The molecule has 2 rings (SSSR count). The van der Waals surface area contributed by atoms with Gasteiger partial charge in [-0.05, 0) is 29.0 Å². The number of tetrazole rings is 1. The first-order valence-corrected chi connectivity index (χ1v) is 5.71. The van der Waals surface area contributed by atoms with E-state index in [-0.39, 0.29) is 13.0 Å². The standard InChI is InChI=1S/C11H12F3N5/c12-11(13,14)7-4-8-15-10-16-17-18-19(10)9-5-2-1-3-6-9/h1-3,5-6H,4,7-8H2,(H,15,16,18). The molecule has 1 N–H and O–H groups in total. The topological polar surface area (TPSA) is 55.6 Å². The summed E-state index contributed by atoms with van der Waals surface area (Å²) in [5, 5.41) is 13.8. The van der Waals surface area contributed by atoms with E-state index < -0.39 is 12.6 Å². The summed E-state index contributed by atoms with van der Waals surface area (Å²) in [5.74, 6) is 0.327. The lowest BCUT2D eigenvalue weighted by Crippen LogP contribution is -2.13. The molecule has 5 nitrogen and oxygen atoms in total. The Balaban J connectivity index is 1.94. The van der Waals surface area contributed by atoms with Gasteiger partial charge in [0, 0.05) is 13.0 Å². The van der Waals surface area contributed by atoms with Crippen molar-refractivity contribution < 1.29 is 13.2 Å². The molecule has 0 aliphatic rings. The van der Waals surface area contributed by atoms with E-state index in [0.717, 1.165) is 5.69 Å². The van der Waals surface area contributed by atoms with Gasteiger partial charge in [-0.2, -0.15) is 17.9 Å². The Morgan fingerprint density at radius 2 is 1.89 bits per heavy atom. The number of alkyl halides is 3. The molecule has 0 saturated carbocycles. The zero-order valence-corrected chi connectivity index (χ0v) is 9.93. The van der Waals surface area contributed by atoms with Crippen molar-refractivity contribution in [3.05, 3.63) is 30.3 Å². The number of para-hydroxylation sites is 1. The van der Waals surface area contributed by atoms with Crippen molar-refractivity contribution in [3.8, 4) is 5.69 Å². The number of nitrogens with zero attached hydrogens (tertiary/aromatic N) is 4. The summed E-state index contributed by atoms with van der Waals surface area (Å²) < 4.78 is 37.4. The summed E-state index contributed by atoms with van der Waals surface area (Å²) in [5.41, 5.74) is 0.742. The maximum absolute atomic E-state index is 12.0. The Morgan fingerprint density at radius 3 is 2.58 bits per heavy atom. The quantitative estimate of drug-likeness (QED) is 0.848. The minimum atomic E-state index is -4.13. The predicted molar refractivity (Wildman–Crippen MR) is 62.9 cm³/mol. The summed E-state index contributed by atoms with van der Waals surface area (Å²) in [6.07, 6.45) is -4.98. The van der Waals surface area contributed by atoms with Crippen molar-refractivity contribution in [3.63, 3.8) is 0 Å². The van der Waals surface area contributed by atoms with Crippen LogP contribution in [0.3, 0.4) is 0 Å². The molecule has 0 aliphatic carbocycles. The number of hydrogen-bond donors (Lipinski definition) is 1. The lowest BCUT2D eigenvalue weighted by molar-refractivity contribution is -0.134. The van der Waals surface area contributed by atoms with Crippen LogP contribution in [0, 0.1) is 0 Å². The molecular weight excluding hydrogens is 259 g/mol. The molecule has 0 saturated heterocycles. The summed E-state index contributed by atoms with van der Waals surface area (Å²) in [6.45, 7) is 0.159. The molecule has 0 bridgehead atoms. The number of halogens is 3. The zero-order chi connectivity index (χ0) is 13.7. The molecule has 0 unspecified atom stereocenters. The Morgan fingerprint density at radius 1 is 1.16 bits per heavy atom. The van der Waals surface area contributed by atoms with Gasteiger partial charge in [-0.1, -0.05) is 23.3 Å². The second-order valence-electron chi connectivity index (χ2n) is 3.90. The number of nitrogens with one attached hydrogen (secondary N) is 1. The molecule has 0 radical (unpaired) electrons. The van der Waals surface area contributed by atoms with Gasteiger partial charge < -0.3 is 5.32 Å². The van der Waals surface area contributed by atoms with Gasteiger partial charge in [0.25, 0.3) is 0 Å². The van der Waals surface area contributed by atoms with Crippen LogP contribution < -0.4 is 5.32 Å². The normalized spacial score (nSPS) is 11.5. The maximum Gasteiger partial charge on any atom is 0.389 e. The Labute approximate surface area is 107 Å². The predicted octanol–water partition coefficient (Wildman–Crippen LogP) is 2.42. The first-order chi connectivity index (χ1) is 9.06. The summed E-state index contributed by atoms with van der Waals surface area (Å²) in [6, 6.07) is 9.10. The number of rotatable bonds is 5. The summed E-state index contributed by atoms with van der Waals surface area (Å²) >= 11 is 0. The number of aromatic nitrogens is 4. The average molecular weight is 271 g/mol. The SMILES string of the molecule is FC(F)(F)CCCNc1nnnn1-c1ccccc1. The smallest absolute Gasteiger partial charge is 0.353 e. The number of benzene rings is 1. The van der Waals surface area contributed by atoms with Crippen LogP contribution in [-0.4, -0.2) is 32.9 Å². The minimum absolute atomic E-state index is 0.0227. The second-order valence-corrected chi connectivity index (χ2v) is 3.90. The summed E-state index contributed by atoms with van der Waals surface area (Å²) in [7, 11) is 0. The molecule has 0 aliphatic heterocycles.